The molecule has 0 spiro atoms. The molecule has 2 N–H and O–H groups in total. The molecule has 0 atom stereocenters. The molecule has 0 radical (unpaired) electrons. The van der Waals surface area contributed by atoms with Crippen LogP contribution in [0.2, 0.25) is 0 Å². The largest absolute Gasteiger partial charge is 0.482 e. The van der Waals surface area contributed by atoms with Gasteiger partial charge >= 0.3 is 0 Å². The number of carbonyl (C=O) groups excluding carboxylic acids is 2. The van der Waals surface area contributed by atoms with Crippen LogP contribution >= 0.6 is 0 Å². The van der Waals surface area contributed by atoms with E-state index in [-0.39, 0.29) is 18.4 Å². The van der Waals surface area contributed by atoms with Crippen molar-refractivity contribution in [2.75, 3.05) is 11.9 Å². The Hall–Kier alpha value is -3.41. The van der Waals surface area contributed by atoms with Crippen molar-refractivity contribution < 1.29 is 14.3 Å². The monoisotopic (exact) mass is 333 g/mol. The normalized spacial score (nSPS) is 12.9. The van der Waals surface area contributed by atoms with E-state index >= 15 is 0 Å². The number of nitrogens with zero attached hydrogens (tertiary/aromatic N) is 1. The zero-order chi connectivity index (χ0) is 17.2. The van der Waals surface area contributed by atoms with Crippen LogP contribution in [0.4, 0.5) is 5.69 Å². The van der Waals surface area contributed by atoms with Crippen LogP contribution in [-0.2, 0) is 11.3 Å². The second kappa shape index (κ2) is 6.24. The summed E-state index contributed by atoms with van der Waals surface area (Å²) in [6.45, 7) is 0.382. The molecule has 124 valence electrons. The first-order valence-electron chi connectivity index (χ1n) is 7.87. The van der Waals surface area contributed by atoms with Gasteiger partial charge in [0.25, 0.3) is 11.8 Å². The van der Waals surface area contributed by atoms with Gasteiger partial charge in [0.1, 0.15) is 5.75 Å². The molecule has 0 saturated carbocycles. The quantitative estimate of drug-likeness (QED) is 0.772. The van der Waals surface area contributed by atoms with Crippen molar-refractivity contribution in [3.63, 3.8) is 0 Å². The van der Waals surface area contributed by atoms with Crippen LogP contribution in [0.25, 0.3) is 10.9 Å². The van der Waals surface area contributed by atoms with Crippen molar-refractivity contribution in [3.05, 3.63) is 65.9 Å². The summed E-state index contributed by atoms with van der Waals surface area (Å²) in [5.74, 6) is 0.291. The van der Waals surface area contributed by atoms with E-state index in [9.17, 15) is 9.59 Å². The summed E-state index contributed by atoms with van der Waals surface area (Å²) < 4.78 is 5.32. The standard InChI is InChI=1S/C19H15N3O3/c23-18-11-25-17-6-3-12(8-16(17)22-18)10-21-19(24)14-4-5-15-13(9-14)2-1-7-20-15/h1-9H,10-11H2,(H,21,24)(H,22,23). The van der Waals surface area contributed by atoms with E-state index in [4.69, 9.17) is 4.74 Å². The molecule has 0 saturated heterocycles. The number of hydrogen-bond acceptors (Lipinski definition) is 4. The number of nitrogens with one attached hydrogen (secondary N) is 2. The van der Waals surface area contributed by atoms with Crippen LogP contribution in [-0.4, -0.2) is 23.4 Å². The summed E-state index contributed by atoms with van der Waals surface area (Å²) >= 11 is 0. The second-order valence-electron chi connectivity index (χ2n) is 5.76. The lowest BCUT2D eigenvalue weighted by Gasteiger charge is -2.18. The molecule has 2 aromatic carbocycles. The third-order valence-corrected chi connectivity index (χ3v) is 4.00. The maximum absolute atomic E-state index is 12.4. The Morgan fingerprint density at radius 3 is 3.04 bits per heavy atom. The molecule has 0 unspecified atom stereocenters. The van der Waals surface area contributed by atoms with Gasteiger partial charge in [-0.05, 0) is 42.0 Å². The number of hydrogen-bond donors (Lipinski definition) is 2. The number of ether oxygens (including phenoxy) is 1. The Morgan fingerprint density at radius 1 is 1.20 bits per heavy atom. The highest BCUT2D eigenvalue weighted by Gasteiger charge is 2.16. The van der Waals surface area contributed by atoms with E-state index < -0.39 is 0 Å². The smallest absolute Gasteiger partial charge is 0.262 e. The van der Waals surface area contributed by atoms with E-state index in [2.05, 4.69) is 15.6 Å². The number of aromatic nitrogens is 1. The minimum atomic E-state index is -0.182. The molecule has 2 heterocycles. The fraction of sp³-hybridized carbons (Fsp3) is 0.105. The first kappa shape index (κ1) is 15.1. The number of fused-ring (bicyclic) bond motifs is 2. The zero-order valence-corrected chi connectivity index (χ0v) is 13.3. The fourth-order valence-corrected chi connectivity index (χ4v) is 2.74. The summed E-state index contributed by atoms with van der Waals surface area (Å²) in [5.41, 5.74) is 2.93. The first-order valence-corrected chi connectivity index (χ1v) is 7.87. The molecular weight excluding hydrogens is 318 g/mol. The predicted octanol–water partition coefficient (Wildman–Crippen LogP) is 2.50. The number of carbonyl (C=O) groups is 2. The molecule has 0 fully saturated rings. The molecule has 3 aromatic rings. The van der Waals surface area contributed by atoms with Gasteiger partial charge in [-0.25, -0.2) is 0 Å². The highest BCUT2D eigenvalue weighted by molar-refractivity contribution is 5.98. The van der Waals surface area contributed by atoms with E-state index in [0.717, 1.165) is 16.5 Å². The maximum Gasteiger partial charge on any atom is 0.262 e. The fourth-order valence-electron chi connectivity index (χ4n) is 2.74. The summed E-state index contributed by atoms with van der Waals surface area (Å²) in [6.07, 6.45) is 1.72. The lowest BCUT2D eigenvalue weighted by Crippen LogP contribution is -2.26. The second-order valence-corrected chi connectivity index (χ2v) is 5.76. The van der Waals surface area contributed by atoms with Gasteiger partial charge in [0.15, 0.2) is 6.61 Å². The molecule has 2 amide bonds. The van der Waals surface area contributed by atoms with E-state index in [0.29, 0.717) is 23.5 Å². The molecule has 0 aliphatic carbocycles. The van der Waals surface area contributed by atoms with Gasteiger partial charge in [-0.3, -0.25) is 14.6 Å². The molecule has 6 heteroatoms. The molecule has 4 rings (SSSR count). The van der Waals surface area contributed by atoms with Crippen LogP contribution in [0.3, 0.4) is 0 Å². The predicted molar refractivity (Wildman–Crippen MR) is 93.5 cm³/mol. The van der Waals surface area contributed by atoms with E-state index in [1.807, 2.05) is 30.3 Å². The number of rotatable bonds is 3. The van der Waals surface area contributed by atoms with Crippen molar-refractivity contribution in [1.29, 1.82) is 0 Å². The topological polar surface area (TPSA) is 80.3 Å². The van der Waals surface area contributed by atoms with E-state index in [1.54, 1.807) is 24.4 Å². The van der Waals surface area contributed by atoms with Gasteiger partial charge < -0.3 is 15.4 Å². The van der Waals surface area contributed by atoms with Gasteiger partial charge in [0.05, 0.1) is 11.2 Å². The van der Waals surface area contributed by atoms with E-state index in [1.165, 1.54) is 0 Å². The molecular formula is C19H15N3O3. The number of benzene rings is 2. The lowest BCUT2D eigenvalue weighted by molar-refractivity contribution is -0.118. The number of amides is 2. The van der Waals surface area contributed by atoms with Crippen LogP contribution in [0.5, 0.6) is 5.75 Å². The minimum Gasteiger partial charge on any atom is -0.482 e. The molecule has 1 aliphatic rings. The van der Waals surface area contributed by atoms with Crippen LogP contribution in [0.15, 0.2) is 54.7 Å². The summed E-state index contributed by atoms with van der Waals surface area (Å²) in [7, 11) is 0. The van der Waals surface area contributed by atoms with Crippen LogP contribution < -0.4 is 15.4 Å². The van der Waals surface area contributed by atoms with Crippen molar-refractivity contribution in [3.8, 4) is 5.75 Å². The van der Waals surface area contributed by atoms with Gasteiger partial charge in [-0.1, -0.05) is 12.1 Å². The Morgan fingerprint density at radius 2 is 2.12 bits per heavy atom. The van der Waals surface area contributed by atoms with Crippen molar-refractivity contribution >= 4 is 28.4 Å². The van der Waals surface area contributed by atoms with Gasteiger partial charge in [0.2, 0.25) is 0 Å². The minimum absolute atomic E-state index is 0.0277. The molecule has 25 heavy (non-hydrogen) atoms. The number of pyridine rings is 1. The van der Waals surface area contributed by atoms with Gasteiger partial charge in [-0.2, -0.15) is 0 Å². The Bertz CT molecular complexity index is 985. The van der Waals surface area contributed by atoms with Gasteiger partial charge in [0, 0.05) is 23.7 Å². The van der Waals surface area contributed by atoms with Crippen molar-refractivity contribution in [2.24, 2.45) is 0 Å². The van der Waals surface area contributed by atoms with Crippen LogP contribution in [0.1, 0.15) is 15.9 Å². The van der Waals surface area contributed by atoms with Crippen LogP contribution in [0, 0.1) is 0 Å². The molecule has 1 aromatic heterocycles. The number of anilines is 1. The first-order chi connectivity index (χ1) is 12.2. The van der Waals surface area contributed by atoms with Crippen molar-refractivity contribution in [1.82, 2.24) is 10.3 Å². The zero-order valence-electron chi connectivity index (χ0n) is 13.3. The van der Waals surface area contributed by atoms with Gasteiger partial charge in [-0.15, -0.1) is 0 Å². The Labute approximate surface area is 143 Å². The Kier molecular flexibility index (Phi) is 3.78. The molecule has 1 aliphatic heterocycles. The molecule has 0 bridgehead atoms. The SMILES string of the molecule is O=C1COc2ccc(CNC(=O)c3ccc4ncccc4c3)cc2N1. The highest BCUT2D eigenvalue weighted by Crippen LogP contribution is 2.28. The average molecular weight is 333 g/mol. The summed E-state index contributed by atoms with van der Waals surface area (Å²) in [4.78, 5) is 28.0. The summed E-state index contributed by atoms with van der Waals surface area (Å²) in [6, 6.07) is 14.6. The Balaban J connectivity index is 1.47. The highest BCUT2D eigenvalue weighted by atomic mass is 16.5. The third kappa shape index (κ3) is 3.14. The van der Waals surface area contributed by atoms with Crippen molar-refractivity contribution in [2.45, 2.75) is 6.54 Å². The molecule has 6 nitrogen and oxygen atoms in total. The average Bonchev–Trinajstić information content (AvgIpc) is 2.65. The third-order valence-electron chi connectivity index (χ3n) is 4.00. The summed E-state index contributed by atoms with van der Waals surface area (Å²) in [5, 5.41) is 6.56. The maximum atomic E-state index is 12.4. The lowest BCUT2D eigenvalue weighted by atomic mass is 10.1.